The Morgan fingerprint density at radius 2 is 1.59 bits per heavy atom. The molecule has 0 spiro atoms. The molecule has 0 bridgehead atoms. The lowest BCUT2D eigenvalue weighted by molar-refractivity contribution is -0.870. The van der Waals surface area contributed by atoms with E-state index in [2.05, 4.69) is 9.71 Å². The van der Waals surface area contributed by atoms with Crippen LogP contribution in [0.1, 0.15) is 44.5 Å². The molecule has 0 fully saturated rings. The van der Waals surface area contributed by atoms with E-state index in [9.17, 15) is 17.2 Å². The summed E-state index contributed by atoms with van der Waals surface area (Å²) >= 11 is 1.03. The van der Waals surface area contributed by atoms with Gasteiger partial charge in [0.25, 0.3) is 0 Å². The van der Waals surface area contributed by atoms with Gasteiger partial charge in [-0.05, 0) is 54.1 Å². The van der Waals surface area contributed by atoms with Gasteiger partial charge < -0.3 is 9.22 Å². The molecule has 0 aliphatic rings. The van der Waals surface area contributed by atoms with E-state index >= 15 is 8.78 Å². The van der Waals surface area contributed by atoms with Crippen LogP contribution in [-0.4, -0.2) is 63.8 Å². The van der Waals surface area contributed by atoms with Crippen LogP contribution in [0, 0.1) is 23.3 Å². The van der Waals surface area contributed by atoms with Crippen molar-refractivity contribution in [3.63, 3.8) is 0 Å². The number of benzene rings is 3. The number of imidazole rings is 1. The molecule has 0 aliphatic carbocycles. The molecule has 0 atom stereocenters. The maximum Gasteiger partial charge on any atom is 0.240 e. The Morgan fingerprint density at radius 1 is 0.957 bits per heavy atom. The average Bonchev–Trinajstić information content (AvgIpc) is 3.39. The summed E-state index contributed by atoms with van der Waals surface area (Å²) in [7, 11) is 3.19. The number of hydrogen-bond donors (Lipinski definition) is 1. The molecule has 0 saturated carbocycles. The normalized spacial score (nSPS) is 12.2. The highest BCUT2D eigenvalue weighted by atomic mass is 32.2. The molecule has 0 radical (unpaired) electrons. The topological polar surface area (TPSA) is 73.2 Å². The number of halogens is 4. The van der Waals surface area contributed by atoms with Crippen LogP contribution in [0.25, 0.3) is 5.69 Å². The molecule has 7 nitrogen and oxygen atoms in total. The van der Waals surface area contributed by atoms with Crippen molar-refractivity contribution in [2.24, 2.45) is 0 Å². The summed E-state index contributed by atoms with van der Waals surface area (Å²) < 4.78 is 93.9. The average molecular weight is 682 g/mol. The van der Waals surface area contributed by atoms with Crippen molar-refractivity contribution < 1.29 is 35.2 Å². The summed E-state index contributed by atoms with van der Waals surface area (Å²) in [5, 5.41) is 0.355. The van der Waals surface area contributed by atoms with Gasteiger partial charge in [0.1, 0.15) is 17.5 Å². The fourth-order valence-electron chi connectivity index (χ4n) is 4.77. The second-order valence-corrected chi connectivity index (χ2v) is 14.8. The summed E-state index contributed by atoms with van der Waals surface area (Å²) in [6, 6.07) is 11.8. The first-order chi connectivity index (χ1) is 21.0. The highest BCUT2D eigenvalue weighted by Crippen LogP contribution is 2.38. The van der Waals surface area contributed by atoms with Crippen molar-refractivity contribution in [2.75, 3.05) is 41.3 Å². The molecular weight excluding hydrogens is 641 g/mol. The van der Waals surface area contributed by atoms with Gasteiger partial charge in [0.2, 0.25) is 10.0 Å². The molecule has 0 unspecified atom stereocenters. The molecule has 4 rings (SSSR count). The third-order valence-electron chi connectivity index (χ3n) is 7.40. The van der Waals surface area contributed by atoms with Crippen LogP contribution < -0.4 is 9.46 Å². The van der Waals surface area contributed by atoms with Gasteiger partial charge in [-0.3, -0.25) is 4.57 Å². The third-order valence-corrected chi connectivity index (χ3v) is 9.82. The molecule has 3 aromatic carbocycles. The van der Waals surface area contributed by atoms with Crippen LogP contribution in [-0.2, 0) is 21.2 Å². The Morgan fingerprint density at radius 3 is 2.17 bits per heavy atom. The van der Waals surface area contributed by atoms with E-state index in [-0.39, 0.29) is 31.0 Å². The number of ether oxygens (including phenoxy) is 1. The van der Waals surface area contributed by atoms with Crippen LogP contribution in [0.15, 0.2) is 70.8 Å². The van der Waals surface area contributed by atoms with Gasteiger partial charge in [-0.2, -0.15) is 0 Å². The maximum atomic E-state index is 15.2. The standard InChI is InChI=1S/C32H37F4N4O3S2.CH4/c1-32(2,21-8-13-26(34)29(16-21)43-6)30-19-37-31(39(30)23-11-9-22(33)10-12-23)44-20-25-27(35)17-24(18-28(25)36)45(41,42)38-14-7-15-40(3,4)5;/h8-13,16-19,38H,7,14-15,20H2,1-6H3;1H4/q+1;. The zero-order valence-corrected chi connectivity index (χ0v) is 27.6. The van der Waals surface area contributed by atoms with Crippen LogP contribution in [0.2, 0.25) is 0 Å². The molecule has 0 amide bonds. The van der Waals surface area contributed by atoms with Gasteiger partial charge in [0, 0.05) is 35.4 Å². The van der Waals surface area contributed by atoms with Crippen molar-refractivity contribution in [3.05, 3.63) is 101 Å². The SMILES string of the molecule is C.COc1cc(C(C)(C)c2cnc(SCc3c(F)cc(S(=O)(=O)NCCC[N+](C)(C)C)cc3F)n2-c2ccc(F)cc2)ccc1F. The molecule has 1 aromatic heterocycles. The summed E-state index contributed by atoms with van der Waals surface area (Å²) in [5.74, 6) is -3.12. The molecule has 13 heteroatoms. The molecule has 250 valence electrons. The lowest BCUT2D eigenvalue weighted by Gasteiger charge is -2.28. The molecule has 1 N–H and O–H groups in total. The van der Waals surface area contributed by atoms with Crippen molar-refractivity contribution >= 4 is 21.8 Å². The van der Waals surface area contributed by atoms with Gasteiger partial charge in [-0.1, -0.05) is 39.1 Å². The molecule has 0 saturated heterocycles. The van der Waals surface area contributed by atoms with E-state index in [0.717, 1.165) is 23.9 Å². The number of quaternary nitrogens is 1. The van der Waals surface area contributed by atoms with Gasteiger partial charge in [-0.25, -0.2) is 35.7 Å². The first kappa shape index (κ1) is 37.1. The van der Waals surface area contributed by atoms with Gasteiger partial charge in [-0.15, -0.1) is 0 Å². The van der Waals surface area contributed by atoms with Gasteiger partial charge in [0.15, 0.2) is 16.7 Å². The third kappa shape index (κ3) is 8.49. The predicted molar refractivity (Wildman–Crippen MR) is 174 cm³/mol. The largest absolute Gasteiger partial charge is 0.494 e. The van der Waals surface area contributed by atoms with Gasteiger partial charge >= 0.3 is 0 Å². The number of rotatable bonds is 13. The Labute approximate surface area is 273 Å². The first-order valence-electron chi connectivity index (χ1n) is 14.1. The number of aromatic nitrogens is 2. The molecular formula is C33H41F4N4O3S2+. The summed E-state index contributed by atoms with van der Waals surface area (Å²) in [6.07, 6.45) is 2.16. The fraction of sp³-hybridized carbons (Fsp3) is 0.364. The van der Waals surface area contributed by atoms with Crippen LogP contribution in [0.5, 0.6) is 5.75 Å². The van der Waals surface area contributed by atoms with Crippen molar-refractivity contribution in [1.82, 2.24) is 14.3 Å². The summed E-state index contributed by atoms with van der Waals surface area (Å²) in [5.41, 5.74) is 0.811. The van der Waals surface area contributed by atoms with Gasteiger partial charge in [0.05, 0.1) is 51.6 Å². The van der Waals surface area contributed by atoms with E-state index in [1.165, 1.54) is 25.3 Å². The van der Waals surface area contributed by atoms with Crippen molar-refractivity contribution in [1.29, 1.82) is 0 Å². The number of nitrogens with one attached hydrogen (secondary N) is 1. The monoisotopic (exact) mass is 681 g/mol. The van der Waals surface area contributed by atoms with Crippen molar-refractivity contribution in [2.45, 2.75) is 48.9 Å². The lowest BCUT2D eigenvalue weighted by Crippen LogP contribution is -2.37. The number of methoxy groups -OCH3 is 1. The number of sulfonamides is 1. The summed E-state index contributed by atoms with van der Waals surface area (Å²) in [4.78, 5) is 4.03. The molecule has 4 aromatic rings. The van der Waals surface area contributed by atoms with Crippen molar-refractivity contribution in [3.8, 4) is 11.4 Å². The zero-order chi connectivity index (χ0) is 33.2. The predicted octanol–water partition coefficient (Wildman–Crippen LogP) is 7.07. The Hall–Kier alpha value is -3.39. The van der Waals surface area contributed by atoms with E-state index in [0.29, 0.717) is 39.5 Å². The van der Waals surface area contributed by atoms with E-state index in [4.69, 9.17) is 4.74 Å². The number of hydrogen-bond acceptors (Lipinski definition) is 5. The molecule has 1 heterocycles. The van der Waals surface area contributed by atoms with E-state index < -0.39 is 43.6 Å². The minimum Gasteiger partial charge on any atom is -0.494 e. The summed E-state index contributed by atoms with van der Waals surface area (Å²) in [6.45, 7) is 4.65. The lowest BCUT2D eigenvalue weighted by atomic mass is 9.81. The minimum atomic E-state index is -4.12. The zero-order valence-electron chi connectivity index (χ0n) is 26.0. The Bertz CT molecular complexity index is 1750. The minimum absolute atomic E-state index is 0. The fourth-order valence-corrected chi connectivity index (χ4v) is 6.87. The molecule has 46 heavy (non-hydrogen) atoms. The quantitative estimate of drug-likeness (QED) is 0.0708. The smallest absolute Gasteiger partial charge is 0.240 e. The van der Waals surface area contributed by atoms with E-state index in [1.54, 1.807) is 35.0 Å². The highest BCUT2D eigenvalue weighted by molar-refractivity contribution is 7.98. The number of thioether (sulfide) groups is 1. The molecule has 0 aliphatic heterocycles. The van der Waals surface area contributed by atoms with Crippen LogP contribution >= 0.6 is 11.8 Å². The van der Waals surface area contributed by atoms with Crippen LogP contribution in [0.4, 0.5) is 17.6 Å². The Kier molecular flexibility index (Phi) is 11.7. The number of nitrogens with zero attached hydrogens (tertiary/aromatic N) is 3. The van der Waals surface area contributed by atoms with Crippen LogP contribution in [0.3, 0.4) is 0 Å². The Balaban J connectivity index is 0.00000576. The second-order valence-electron chi connectivity index (χ2n) is 12.1. The highest BCUT2D eigenvalue weighted by Gasteiger charge is 2.31. The van der Waals surface area contributed by atoms with E-state index in [1.807, 2.05) is 35.0 Å². The maximum absolute atomic E-state index is 15.2. The first-order valence-corrected chi connectivity index (χ1v) is 16.6. The second kappa shape index (κ2) is 14.6.